The van der Waals surface area contributed by atoms with Gasteiger partial charge in [0, 0.05) is 24.2 Å². The van der Waals surface area contributed by atoms with Gasteiger partial charge in [0.25, 0.3) is 0 Å². The molecule has 2 aromatic carbocycles. The smallest absolute Gasteiger partial charge is 0.329 e. The molecule has 0 spiro atoms. The summed E-state index contributed by atoms with van der Waals surface area (Å²) in [5.74, 6) is -0.238. The summed E-state index contributed by atoms with van der Waals surface area (Å²) in [4.78, 5) is 30.7. The number of ether oxygens (including phenoxy) is 1. The molecule has 36 heavy (non-hydrogen) atoms. The maximum absolute atomic E-state index is 13.9. The zero-order chi connectivity index (χ0) is 25.1. The quantitative estimate of drug-likeness (QED) is 0.290. The Balaban J connectivity index is 1.53. The van der Waals surface area contributed by atoms with Gasteiger partial charge in [0.15, 0.2) is 0 Å². The van der Waals surface area contributed by atoms with Crippen molar-refractivity contribution in [3.8, 4) is 0 Å². The lowest BCUT2D eigenvalue weighted by Crippen LogP contribution is -2.31. The molecule has 1 aliphatic carbocycles. The van der Waals surface area contributed by atoms with Gasteiger partial charge < -0.3 is 9.84 Å². The highest BCUT2D eigenvalue weighted by molar-refractivity contribution is 5.85. The van der Waals surface area contributed by atoms with Crippen LogP contribution in [0.4, 0.5) is 0 Å². The standard InChI is InChI=1S/C29H33N3O4/c1-36-28(34)20-13-15-22(16-14-20)32-27-12-5-4-11-26(27)31(29(32)35)19-25-24(10-6-7-17-33)23-9-3-2-8-21(23)18-30-25/h2-5,8-9,11-12,18,20,22,33H,6-7,10,13-17,19H2,1H3. The van der Waals surface area contributed by atoms with E-state index in [2.05, 4.69) is 12.1 Å². The highest BCUT2D eigenvalue weighted by Gasteiger charge is 2.30. The number of aryl methyl sites for hydroxylation is 1. The molecule has 4 aromatic rings. The first-order chi connectivity index (χ1) is 17.6. The Bertz CT molecular complexity index is 1430. The lowest BCUT2D eigenvalue weighted by Gasteiger charge is -2.27. The van der Waals surface area contributed by atoms with Crippen LogP contribution < -0.4 is 5.69 Å². The molecule has 2 heterocycles. The van der Waals surface area contributed by atoms with Gasteiger partial charge in [-0.2, -0.15) is 0 Å². The maximum atomic E-state index is 13.9. The predicted octanol–water partition coefficient (Wildman–Crippen LogP) is 4.62. The highest BCUT2D eigenvalue weighted by Crippen LogP contribution is 2.34. The fourth-order valence-electron chi connectivity index (χ4n) is 5.72. The first-order valence-electron chi connectivity index (χ1n) is 12.9. The molecule has 0 unspecified atom stereocenters. The van der Waals surface area contributed by atoms with Crippen LogP contribution >= 0.6 is 0 Å². The molecule has 0 bridgehead atoms. The van der Waals surface area contributed by atoms with E-state index in [9.17, 15) is 14.7 Å². The molecule has 2 aromatic heterocycles. The average molecular weight is 488 g/mol. The van der Waals surface area contributed by atoms with E-state index in [1.807, 2.05) is 51.7 Å². The van der Waals surface area contributed by atoms with Gasteiger partial charge in [-0.15, -0.1) is 0 Å². The van der Waals surface area contributed by atoms with Crippen LogP contribution in [0.5, 0.6) is 0 Å². The summed E-state index contributed by atoms with van der Waals surface area (Å²) in [6.45, 7) is 0.557. The first-order valence-corrected chi connectivity index (χ1v) is 12.9. The number of benzene rings is 2. The summed E-state index contributed by atoms with van der Waals surface area (Å²) in [5.41, 5.74) is 3.82. The van der Waals surface area contributed by atoms with Crippen molar-refractivity contribution in [3.63, 3.8) is 0 Å². The van der Waals surface area contributed by atoms with Gasteiger partial charge in [-0.1, -0.05) is 36.4 Å². The minimum Gasteiger partial charge on any atom is -0.469 e. The zero-order valence-corrected chi connectivity index (χ0v) is 20.7. The molecule has 7 heteroatoms. The number of aliphatic hydroxyl groups is 1. The SMILES string of the molecule is COC(=O)C1CCC(n2c(=O)n(Cc3ncc4ccccc4c3CCCCO)c3ccccc32)CC1. The Kier molecular flexibility index (Phi) is 7.18. The Morgan fingerprint density at radius 2 is 1.75 bits per heavy atom. The number of aromatic nitrogens is 3. The van der Waals surface area contributed by atoms with Crippen LogP contribution in [0.3, 0.4) is 0 Å². The van der Waals surface area contributed by atoms with Gasteiger partial charge in [0.05, 0.1) is 36.3 Å². The number of hydrogen-bond acceptors (Lipinski definition) is 5. The number of imidazole rings is 1. The second-order valence-electron chi connectivity index (χ2n) is 9.71. The van der Waals surface area contributed by atoms with Gasteiger partial charge in [-0.05, 0) is 68.0 Å². The topological polar surface area (TPSA) is 86.4 Å². The fraction of sp³-hybridized carbons (Fsp3) is 0.414. The number of hydrogen-bond donors (Lipinski definition) is 1. The third kappa shape index (κ3) is 4.55. The Morgan fingerprint density at radius 3 is 2.50 bits per heavy atom. The predicted molar refractivity (Wildman–Crippen MR) is 140 cm³/mol. The van der Waals surface area contributed by atoms with E-state index in [0.29, 0.717) is 6.54 Å². The van der Waals surface area contributed by atoms with Crippen LogP contribution in [0.2, 0.25) is 0 Å². The van der Waals surface area contributed by atoms with Gasteiger partial charge in [-0.25, -0.2) is 4.79 Å². The van der Waals surface area contributed by atoms with Gasteiger partial charge >= 0.3 is 11.7 Å². The molecule has 7 nitrogen and oxygen atoms in total. The van der Waals surface area contributed by atoms with Gasteiger partial charge in [-0.3, -0.25) is 18.9 Å². The first kappa shape index (κ1) is 24.3. The van der Waals surface area contributed by atoms with Crippen molar-refractivity contribution in [1.82, 2.24) is 14.1 Å². The third-order valence-corrected chi connectivity index (χ3v) is 7.60. The summed E-state index contributed by atoms with van der Waals surface area (Å²) in [6, 6.07) is 16.2. The number of carbonyl (C=O) groups is 1. The minimum absolute atomic E-state index is 0.0333. The zero-order valence-electron chi connectivity index (χ0n) is 20.7. The molecule has 0 saturated heterocycles. The Labute approximate surface area is 210 Å². The van der Waals surface area contributed by atoms with Crippen LogP contribution in [-0.4, -0.2) is 38.9 Å². The number of nitrogens with zero attached hydrogens (tertiary/aromatic N) is 3. The molecular weight excluding hydrogens is 454 g/mol. The monoisotopic (exact) mass is 487 g/mol. The van der Waals surface area contributed by atoms with E-state index in [4.69, 9.17) is 9.72 Å². The Morgan fingerprint density at radius 1 is 1.03 bits per heavy atom. The van der Waals surface area contributed by atoms with Crippen molar-refractivity contribution in [2.24, 2.45) is 5.92 Å². The van der Waals surface area contributed by atoms with E-state index < -0.39 is 0 Å². The summed E-state index contributed by atoms with van der Waals surface area (Å²) >= 11 is 0. The van der Waals surface area contributed by atoms with Crippen molar-refractivity contribution >= 4 is 27.8 Å². The third-order valence-electron chi connectivity index (χ3n) is 7.60. The lowest BCUT2D eigenvalue weighted by atomic mass is 9.86. The summed E-state index contributed by atoms with van der Waals surface area (Å²) in [5, 5.41) is 11.5. The van der Waals surface area contributed by atoms with Crippen molar-refractivity contribution in [2.75, 3.05) is 13.7 Å². The minimum atomic E-state index is -0.153. The van der Waals surface area contributed by atoms with E-state index in [0.717, 1.165) is 78.0 Å². The second kappa shape index (κ2) is 10.7. The number of esters is 1. The molecule has 1 aliphatic rings. The van der Waals surface area contributed by atoms with Crippen molar-refractivity contribution < 1.29 is 14.6 Å². The molecular formula is C29H33N3O4. The van der Waals surface area contributed by atoms with Crippen LogP contribution in [0.1, 0.15) is 55.8 Å². The van der Waals surface area contributed by atoms with Crippen LogP contribution in [0, 0.1) is 5.92 Å². The number of unbranched alkanes of at least 4 members (excludes halogenated alkanes) is 1. The normalized spacial score (nSPS) is 18.1. The molecule has 1 saturated carbocycles. The number of rotatable bonds is 8. The van der Waals surface area contributed by atoms with E-state index >= 15 is 0 Å². The van der Waals surface area contributed by atoms with E-state index in [1.54, 1.807) is 0 Å². The molecule has 0 amide bonds. The molecule has 188 valence electrons. The number of fused-ring (bicyclic) bond motifs is 2. The van der Waals surface area contributed by atoms with Crippen molar-refractivity contribution in [2.45, 2.75) is 57.5 Å². The molecule has 1 fully saturated rings. The number of carbonyl (C=O) groups excluding carboxylic acids is 1. The Hall–Kier alpha value is -3.45. The largest absolute Gasteiger partial charge is 0.469 e. The fourth-order valence-corrected chi connectivity index (χ4v) is 5.72. The van der Waals surface area contributed by atoms with Crippen LogP contribution in [0.25, 0.3) is 21.8 Å². The van der Waals surface area contributed by atoms with E-state index in [-0.39, 0.29) is 30.2 Å². The summed E-state index contributed by atoms with van der Waals surface area (Å²) in [6.07, 6.45) is 7.28. The van der Waals surface area contributed by atoms with Crippen LogP contribution in [-0.2, 0) is 22.5 Å². The van der Waals surface area contributed by atoms with Gasteiger partial charge in [0.2, 0.25) is 0 Å². The van der Waals surface area contributed by atoms with Crippen LogP contribution in [0.15, 0.2) is 59.5 Å². The van der Waals surface area contributed by atoms with Gasteiger partial charge in [0.1, 0.15) is 0 Å². The number of pyridine rings is 1. The lowest BCUT2D eigenvalue weighted by molar-refractivity contribution is -0.146. The number of aliphatic hydroxyl groups excluding tert-OH is 1. The maximum Gasteiger partial charge on any atom is 0.329 e. The molecule has 5 rings (SSSR count). The van der Waals surface area contributed by atoms with Crippen molar-refractivity contribution in [1.29, 1.82) is 0 Å². The molecule has 1 N–H and O–H groups in total. The highest BCUT2D eigenvalue weighted by atomic mass is 16.5. The molecule has 0 radical (unpaired) electrons. The number of methoxy groups -OCH3 is 1. The number of para-hydroxylation sites is 2. The van der Waals surface area contributed by atoms with Crippen molar-refractivity contribution in [3.05, 3.63) is 76.5 Å². The molecule has 0 atom stereocenters. The average Bonchev–Trinajstić information content (AvgIpc) is 3.20. The summed E-state index contributed by atoms with van der Waals surface area (Å²) in [7, 11) is 1.44. The second-order valence-corrected chi connectivity index (χ2v) is 9.71. The van der Waals surface area contributed by atoms with E-state index in [1.165, 1.54) is 7.11 Å². The summed E-state index contributed by atoms with van der Waals surface area (Å²) < 4.78 is 8.71. The molecule has 0 aliphatic heterocycles.